The van der Waals surface area contributed by atoms with Crippen LogP contribution in [0.25, 0.3) is 0 Å². The number of nitrogens with one attached hydrogen (secondary N) is 1. The average molecular weight is 226 g/mol. The van der Waals surface area contributed by atoms with E-state index in [4.69, 9.17) is 15.3 Å². The van der Waals surface area contributed by atoms with Crippen molar-refractivity contribution < 1.29 is 9.47 Å². The SMILES string of the molecule is COC1(C(NN)C2=COCCC2)CCCC1. The Morgan fingerprint density at radius 3 is 2.69 bits per heavy atom. The zero-order chi connectivity index (χ0) is 11.4. The zero-order valence-electron chi connectivity index (χ0n) is 10.00. The van der Waals surface area contributed by atoms with Gasteiger partial charge < -0.3 is 9.47 Å². The fourth-order valence-corrected chi connectivity index (χ4v) is 2.98. The molecule has 1 heterocycles. The predicted octanol–water partition coefficient (Wildman–Crippen LogP) is 1.47. The molecule has 1 aliphatic carbocycles. The maximum absolute atomic E-state index is 5.77. The van der Waals surface area contributed by atoms with Gasteiger partial charge >= 0.3 is 0 Å². The molecule has 16 heavy (non-hydrogen) atoms. The van der Waals surface area contributed by atoms with Gasteiger partial charge in [-0.05, 0) is 31.3 Å². The Hall–Kier alpha value is -0.580. The van der Waals surface area contributed by atoms with Crippen LogP contribution in [0.1, 0.15) is 38.5 Å². The van der Waals surface area contributed by atoms with E-state index in [0.717, 1.165) is 32.3 Å². The van der Waals surface area contributed by atoms with Crippen LogP contribution in [-0.2, 0) is 9.47 Å². The first-order chi connectivity index (χ1) is 7.82. The summed E-state index contributed by atoms with van der Waals surface area (Å²) in [6.45, 7) is 0.820. The van der Waals surface area contributed by atoms with E-state index in [2.05, 4.69) is 5.43 Å². The summed E-state index contributed by atoms with van der Waals surface area (Å²) in [4.78, 5) is 0. The molecule has 2 rings (SSSR count). The van der Waals surface area contributed by atoms with Gasteiger partial charge in [0, 0.05) is 7.11 Å². The summed E-state index contributed by atoms with van der Waals surface area (Å²) >= 11 is 0. The summed E-state index contributed by atoms with van der Waals surface area (Å²) in [6, 6.07) is 0.0975. The van der Waals surface area contributed by atoms with Gasteiger partial charge in [0.1, 0.15) is 0 Å². The van der Waals surface area contributed by atoms with Crippen molar-refractivity contribution in [2.24, 2.45) is 5.84 Å². The zero-order valence-corrected chi connectivity index (χ0v) is 10.00. The molecule has 0 aromatic heterocycles. The number of rotatable bonds is 4. The van der Waals surface area contributed by atoms with Gasteiger partial charge in [-0.15, -0.1) is 0 Å². The highest BCUT2D eigenvalue weighted by Gasteiger charge is 2.43. The molecule has 4 heteroatoms. The Labute approximate surface area is 97.1 Å². The molecule has 92 valence electrons. The van der Waals surface area contributed by atoms with E-state index in [1.54, 1.807) is 7.11 Å². The van der Waals surface area contributed by atoms with Crippen LogP contribution in [0.3, 0.4) is 0 Å². The molecular formula is C12H22N2O2. The summed E-state index contributed by atoms with van der Waals surface area (Å²) in [6.07, 6.45) is 8.60. The number of hydrogen-bond donors (Lipinski definition) is 2. The molecule has 2 aliphatic rings. The van der Waals surface area contributed by atoms with E-state index in [9.17, 15) is 0 Å². The van der Waals surface area contributed by atoms with Crippen LogP contribution < -0.4 is 11.3 Å². The average Bonchev–Trinajstić information content (AvgIpc) is 2.81. The first kappa shape index (κ1) is 11.9. The van der Waals surface area contributed by atoms with Gasteiger partial charge in [0.25, 0.3) is 0 Å². The van der Waals surface area contributed by atoms with Crippen molar-refractivity contribution in [2.45, 2.75) is 50.2 Å². The lowest BCUT2D eigenvalue weighted by molar-refractivity contribution is -0.0284. The standard InChI is InChI=1S/C12H22N2O2/c1-15-12(6-2-3-7-12)11(14-13)10-5-4-8-16-9-10/h9,11,14H,2-8,13H2,1H3. The number of hydrogen-bond acceptors (Lipinski definition) is 4. The number of hydrazine groups is 1. The third kappa shape index (κ3) is 2.10. The van der Waals surface area contributed by atoms with E-state index in [1.807, 2.05) is 6.26 Å². The summed E-state index contributed by atoms with van der Waals surface area (Å²) < 4.78 is 11.2. The number of ether oxygens (including phenoxy) is 2. The maximum atomic E-state index is 5.77. The molecule has 0 bridgehead atoms. The van der Waals surface area contributed by atoms with Crippen molar-refractivity contribution in [1.82, 2.24) is 5.43 Å². The second-order valence-electron chi connectivity index (χ2n) is 4.74. The van der Waals surface area contributed by atoms with Crippen molar-refractivity contribution in [2.75, 3.05) is 13.7 Å². The fourth-order valence-electron chi connectivity index (χ4n) is 2.98. The highest BCUT2D eigenvalue weighted by molar-refractivity contribution is 5.18. The van der Waals surface area contributed by atoms with Gasteiger partial charge in [0.2, 0.25) is 0 Å². The highest BCUT2D eigenvalue weighted by atomic mass is 16.5. The Morgan fingerprint density at radius 1 is 1.44 bits per heavy atom. The van der Waals surface area contributed by atoms with Crippen molar-refractivity contribution in [3.05, 3.63) is 11.8 Å². The van der Waals surface area contributed by atoms with E-state index in [1.165, 1.54) is 18.4 Å². The molecule has 1 unspecified atom stereocenters. The minimum Gasteiger partial charge on any atom is -0.501 e. The molecular weight excluding hydrogens is 204 g/mol. The second kappa shape index (κ2) is 5.17. The minimum absolute atomic E-state index is 0.0975. The molecule has 0 radical (unpaired) electrons. The van der Waals surface area contributed by atoms with Crippen LogP contribution in [0, 0.1) is 0 Å². The molecule has 0 spiro atoms. The van der Waals surface area contributed by atoms with Gasteiger partial charge in [-0.3, -0.25) is 11.3 Å². The largest absolute Gasteiger partial charge is 0.501 e. The van der Waals surface area contributed by atoms with Gasteiger partial charge in [-0.25, -0.2) is 0 Å². The summed E-state index contributed by atoms with van der Waals surface area (Å²) in [7, 11) is 1.79. The third-order valence-electron chi connectivity index (χ3n) is 3.88. The first-order valence-electron chi connectivity index (χ1n) is 6.14. The van der Waals surface area contributed by atoms with Gasteiger partial charge in [0.15, 0.2) is 0 Å². The molecule has 0 aromatic carbocycles. The molecule has 1 atom stereocenters. The second-order valence-corrected chi connectivity index (χ2v) is 4.74. The summed E-state index contributed by atoms with van der Waals surface area (Å²) in [5.41, 5.74) is 4.06. The minimum atomic E-state index is -0.124. The lowest BCUT2D eigenvalue weighted by Crippen LogP contribution is -2.54. The molecule has 3 N–H and O–H groups in total. The first-order valence-corrected chi connectivity index (χ1v) is 6.14. The predicted molar refractivity (Wildman–Crippen MR) is 62.6 cm³/mol. The van der Waals surface area contributed by atoms with Crippen molar-refractivity contribution in [3.8, 4) is 0 Å². The summed E-state index contributed by atoms with van der Waals surface area (Å²) in [5.74, 6) is 5.72. The molecule has 1 aliphatic heterocycles. The van der Waals surface area contributed by atoms with E-state index in [0.29, 0.717) is 0 Å². The monoisotopic (exact) mass is 226 g/mol. The van der Waals surface area contributed by atoms with Crippen LogP contribution in [0.4, 0.5) is 0 Å². The lowest BCUT2D eigenvalue weighted by Gasteiger charge is -2.38. The van der Waals surface area contributed by atoms with E-state index in [-0.39, 0.29) is 11.6 Å². The topological polar surface area (TPSA) is 56.5 Å². The van der Waals surface area contributed by atoms with Crippen LogP contribution in [0.5, 0.6) is 0 Å². The normalized spacial score (nSPS) is 26.0. The fraction of sp³-hybridized carbons (Fsp3) is 0.833. The van der Waals surface area contributed by atoms with E-state index < -0.39 is 0 Å². The Morgan fingerprint density at radius 2 is 2.19 bits per heavy atom. The number of methoxy groups -OCH3 is 1. The van der Waals surface area contributed by atoms with Crippen molar-refractivity contribution in [3.63, 3.8) is 0 Å². The van der Waals surface area contributed by atoms with Gasteiger partial charge in [-0.2, -0.15) is 0 Å². The van der Waals surface area contributed by atoms with Crippen LogP contribution in [0.2, 0.25) is 0 Å². The van der Waals surface area contributed by atoms with Crippen molar-refractivity contribution in [1.29, 1.82) is 0 Å². The lowest BCUT2D eigenvalue weighted by atomic mass is 9.85. The van der Waals surface area contributed by atoms with Crippen LogP contribution in [-0.4, -0.2) is 25.4 Å². The molecule has 4 nitrogen and oxygen atoms in total. The Bertz CT molecular complexity index is 260. The van der Waals surface area contributed by atoms with Gasteiger partial charge in [0.05, 0.1) is 24.5 Å². The van der Waals surface area contributed by atoms with Gasteiger partial charge in [-0.1, -0.05) is 12.8 Å². The molecule has 0 aromatic rings. The molecule has 0 saturated heterocycles. The molecule has 1 fully saturated rings. The third-order valence-corrected chi connectivity index (χ3v) is 3.88. The maximum Gasteiger partial charge on any atom is 0.0883 e. The van der Waals surface area contributed by atoms with Crippen LogP contribution >= 0.6 is 0 Å². The molecule has 0 amide bonds. The summed E-state index contributed by atoms with van der Waals surface area (Å²) in [5, 5.41) is 0. The highest BCUT2D eigenvalue weighted by Crippen LogP contribution is 2.39. The quantitative estimate of drug-likeness (QED) is 0.563. The Kier molecular flexibility index (Phi) is 3.84. The Balaban J connectivity index is 2.16. The van der Waals surface area contributed by atoms with Crippen LogP contribution in [0.15, 0.2) is 11.8 Å². The smallest absolute Gasteiger partial charge is 0.0883 e. The molecule has 1 saturated carbocycles. The number of nitrogens with two attached hydrogens (primary N) is 1. The van der Waals surface area contributed by atoms with Crippen molar-refractivity contribution >= 4 is 0 Å². The van der Waals surface area contributed by atoms with E-state index >= 15 is 0 Å².